The molecular weight excluding hydrogens is 417 g/mol. The zero-order chi connectivity index (χ0) is 22.6. The monoisotopic (exact) mass is 445 g/mol. The largest absolute Gasteiger partial charge is 0.368 e. The summed E-state index contributed by atoms with van der Waals surface area (Å²) in [6, 6.07) is 20.9. The Hall–Kier alpha value is -3.45. The molecule has 2 aliphatic heterocycles. The summed E-state index contributed by atoms with van der Waals surface area (Å²) in [5.74, 6) is 0.640. The number of rotatable bonds is 4. The highest BCUT2D eigenvalue weighted by Crippen LogP contribution is 2.23. The molecule has 1 N–H and O–H groups in total. The third-order valence-electron chi connectivity index (χ3n) is 6.45. The molecule has 2 aliphatic rings. The molecule has 2 aromatic carbocycles. The van der Waals surface area contributed by atoms with Gasteiger partial charge in [-0.15, -0.1) is 0 Å². The average Bonchev–Trinajstić information content (AvgIpc) is 2.89. The summed E-state index contributed by atoms with van der Waals surface area (Å²) in [4.78, 5) is 24.1. The van der Waals surface area contributed by atoms with Crippen LogP contribution in [0.3, 0.4) is 0 Å². The molecule has 0 aliphatic carbocycles. The third kappa shape index (κ3) is 4.83. The lowest BCUT2D eigenvalue weighted by molar-refractivity contribution is 0.0746. The fraction of sp³-hybridized carbons (Fsp3) is 0.308. The maximum atomic E-state index is 13.2. The van der Waals surface area contributed by atoms with Crippen LogP contribution in [0.1, 0.15) is 22.0 Å². The van der Waals surface area contributed by atoms with Crippen molar-refractivity contribution in [3.8, 4) is 0 Å². The summed E-state index contributed by atoms with van der Waals surface area (Å²) >= 11 is 0. The summed E-state index contributed by atoms with van der Waals surface area (Å²) in [7, 11) is 0. The van der Waals surface area contributed by atoms with Crippen LogP contribution >= 0.6 is 0 Å². The molecule has 7 heteroatoms. The van der Waals surface area contributed by atoms with Crippen molar-refractivity contribution in [2.24, 2.45) is 0 Å². The Morgan fingerprint density at radius 3 is 2.42 bits per heavy atom. The third-order valence-corrected chi connectivity index (χ3v) is 6.45. The molecule has 1 atom stereocenters. The lowest BCUT2D eigenvalue weighted by Crippen LogP contribution is -2.49. The van der Waals surface area contributed by atoms with Gasteiger partial charge in [0.05, 0.1) is 0 Å². The molecule has 0 radical (unpaired) electrons. The van der Waals surface area contributed by atoms with Gasteiger partial charge in [0, 0.05) is 69.3 Å². The van der Waals surface area contributed by atoms with E-state index in [1.807, 2.05) is 17.0 Å². The van der Waals surface area contributed by atoms with Gasteiger partial charge < -0.3 is 20.0 Å². The maximum absolute atomic E-state index is 13.2. The van der Waals surface area contributed by atoms with Gasteiger partial charge in [-0.3, -0.25) is 4.79 Å². The van der Waals surface area contributed by atoms with Crippen LogP contribution < -0.4 is 15.1 Å². The van der Waals surface area contributed by atoms with E-state index in [0.717, 1.165) is 44.2 Å². The van der Waals surface area contributed by atoms with Crippen molar-refractivity contribution in [2.75, 3.05) is 55.6 Å². The number of anilines is 2. The first-order chi connectivity index (χ1) is 16.2. The van der Waals surface area contributed by atoms with Gasteiger partial charge in [-0.1, -0.05) is 30.3 Å². The van der Waals surface area contributed by atoms with Crippen LogP contribution in [0, 0.1) is 5.82 Å². The summed E-state index contributed by atoms with van der Waals surface area (Å²) < 4.78 is 13.2. The Labute approximate surface area is 193 Å². The van der Waals surface area contributed by atoms with E-state index >= 15 is 0 Å². The summed E-state index contributed by atoms with van der Waals surface area (Å²) in [5, 5.41) is 3.57. The van der Waals surface area contributed by atoms with E-state index in [-0.39, 0.29) is 17.8 Å². The number of benzene rings is 2. The van der Waals surface area contributed by atoms with Gasteiger partial charge in [0.15, 0.2) is 0 Å². The number of piperazine rings is 2. The molecule has 6 nitrogen and oxygen atoms in total. The van der Waals surface area contributed by atoms with Crippen molar-refractivity contribution in [3.63, 3.8) is 0 Å². The fourth-order valence-corrected chi connectivity index (χ4v) is 4.59. The average molecular weight is 446 g/mol. The molecule has 170 valence electrons. The van der Waals surface area contributed by atoms with Crippen molar-refractivity contribution in [1.29, 1.82) is 0 Å². The van der Waals surface area contributed by atoms with Gasteiger partial charge >= 0.3 is 0 Å². The van der Waals surface area contributed by atoms with Crippen molar-refractivity contribution in [1.82, 2.24) is 15.2 Å². The Bertz CT molecular complexity index is 1080. The second-order valence-corrected chi connectivity index (χ2v) is 8.52. The van der Waals surface area contributed by atoms with Crippen molar-refractivity contribution in [3.05, 3.63) is 89.9 Å². The molecule has 0 bridgehead atoms. The fourth-order valence-electron chi connectivity index (χ4n) is 4.59. The van der Waals surface area contributed by atoms with E-state index in [1.54, 1.807) is 24.4 Å². The summed E-state index contributed by atoms with van der Waals surface area (Å²) in [6.45, 7) is 5.26. The molecule has 1 aromatic heterocycles. The standard InChI is InChI=1S/C26H28FN5O/c27-22-6-8-23(9-7-22)30-14-16-31(17-15-30)26(33)21-10-11-29-25(18-21)32-13-12-28-24(19-32)20-4-2-1-3-5-20/h1-11,18,24,28H,12-17,19H2/t24-/m1/s1. The van der Waals surface area contributed by atoms with Crippen LogP contribution in [0.5, 0.6) is 0 Å². The molecule has 33 heavy (non-hydrogen) atoms. The number of hydrogen-bond acceptors (Lipinski definition) is 5. The lowest BCUT2D eigenvalue weighted by Gasteiger charge is -2.36. The van der Waals surface area contributed by atoms with E-state index in [9.17, 15) is 9.18 Å². The molecular formula is C26H28FN5O. The molecule has 3 heterocycles. The number of halogens is 1. The SMILES string of the molecule is O=C(c1ccnc(N2CCN[C@@H](c3ccccc3)C2)c1)N1CCN(c2ccc(F)cc2)CC1. The number of pyridine rings is 1. The quantitative estimate of drug-likeness (QED) is 0.668. The predicted molar refractivity (Wildman–Crippen MR) is 128 cm³/mol. The molecule has 0 spiro atoms. The topological polar surface area (TPSA) is 51.7 Å². The van der Waals surface area contributed by atoms with Crippen LogP contribution in [0.4, 0.5) is 15.9 Å². The Balaban J connectivity index is 1.23. The van der Waals surface area contributed by atoms with E-state index in [4.69, 9.17) is 0 Å². The summed E-state index contributed by atoms with van der Waals surface area (Å²) in [6.07, 6.45) is 1.73. The first-order valence-electron chi connectivity index (χ1n) is 11.5. The first-order valence-corrected chi connectivity index (χ1v) is 11.5. The maximum Gasteiger partial charge on any atom is 0.254 e. The van der Waals surface area contributed by atoms with E-state index in [0.29, 0.717) is 18.7 Å². The second-order valence-electron chi connectivity index (χ2n) is 8.52. The number of carbonyl (C=O) groups excluding carboxylic acids is 1. The smallest absolute Gasteiger partial charge is 0.254 e. The highest BCUT2D eigenvalue weighted by molar-refractivity contribution is 5.95. The normalized spacial score (nSPS) is 18.9. The van der Waals surface area contributed by atoms with Crippen molar-refractivity contribution in [2.45, 2.75) is 6.04 Å². The number of aromatic nitrogens is 1. The lowest BCUT2D eigenvalue weighted by atomic mass is 10.0. The predicted octanol–water partition coefficient (Wildman–Crippen LogP) is 3.33. The number of hydrogen-bond donors (Lipinski definition) is 1. The Morgan fingerprint density at radius 1 is 0.909 bits per heavy atom. The second kappa shape index (κ2) is 9.58. The number of nitrogens with one attached hydrogen (secondary N) is 1. The minimum atomic E-state index is -0.236. The van der Waals surface area contributed by atoms with Crippen LogP contribution in [0.15, 0.2) is 72.9 Å². The van der Waals surface area contributed by atoms with E-state index < -0.39 is 0 Å². The van der Waals surface area contributed by atoms with E-state index in [1.165, 1.54) is 17.7 Å². The summed E-state index contributed by atoms with van der Waals surface area (Å²) in [5.41, 5.74) is 2.92. The number of amides is 1. The number of carbonyl (C=O) groups is 1. The van der Waals surface area contributed by atoms with Crippen LogP contribution in [0.2, 0.25) is 0 Å². The molecule has 0 saturated carbocycles. The van der Waals surface area contributed by atoms with Gasteiger partial charge in [0.1, 0.15) is 11.6 Å². The Kier molecular flexibility index (Phi) is 6.21. The zero-order valence-corrected chi connectivity index (χ0v) is 18.5. The molecule has 2 saturated heterocycles. The molecule has 5 rings (SSSR count). The zero-order valence-electron chi connectivity index (χ0n) is 18.5. The number of nitrogens with zero attached hydrogens (tertiary/aromatic N) is 4. The van der Waals surface area contributed by atoms with Gasteiger partial charge in [-0.2, -0.15) is 0 Å². The van der Waals surface area contributed by atoms with Crippen molar-refractivity contribution >= 4 is 17.4 Å². The highest BCUT2D eigenvalue weighted by Gasteiger charge is 2.25. The van der Waals surface area contributed by atoms with Gasteiger partial charge in [0.2, 0.25) is 0 Å². The minimum Gasteiger partial charge on any atom is -0.368 e. The van der Waals surface area contributed by atoms with Gasteiger partial charge in [-0.05, 0) is 42.0 Å². The van der Waals surface area contributed by atoms with Gasteiger partial charge in [-0.25, -0.2) is 9.37 Å². The molecule has 0 unspecified atom stereocenters. The molecule has 3 aromatic rings. The van der Waals surface area contributed by atoms with E-state index in [2.05, 4.69) is 44.4 Å². The van der Waals surface area contributed by atoms with Gasteiger partial charge in [0.25, 0.3) is 5.91 Å². The van der Waals surface area contributed by atoms with Crippen LogP contribution in [-0.4, -0.2) is 61.6 Å². The van der Waals surface area contributed by atoms with Crippen LogP contribution in [-0.2, 0) is 0 Å². The minimum absolute atomic E-state index is 0.0344. The molecule has 1 amide bonds. The molecule has 2 fully saturated rings. The van der Waals surface area contributed by atoms with Crippen LogP contribution in [0.25, 0.3) is 0 Å². The Morgan fingerprint density at radius 2 is 1.67 bits per heavy atom. The van der Waals surface area contributed by atoms with Crippen molar-refractivity contribution < 1.29 is 9.18 Å². The highest BCUT2D eigenvalue weighted by atomic mass is 19.1. The first kappa shape index (κ1) is 21.4.